The number of benzene rings is 3. The van der Waals surface area contributed by atoms with Crippen molar-refractivity contribution in [1.29, 1.82) is 0 Å². The van der Waals surface area contributed by atoms with Crippen LogP contribution in [0.1, 0.15) is 40.5 Å². The van der Waals surface area contributed by atoms with Crippen LogP contribution in [0.3, 0.4) is 0 Å². The van der Waals surface area contributed by atoms with Crippen LogP contribution < -0.4 is 10.1 Å². The van der Waals surface area contributed by atoms with Gasteiger partial charge in [-0.15, -0.1) is 0 Å². The molecule has 4 aromatic rings. The number of fused-ring (bicyclic) bond motifs is 2. The van der Waals surface area contributed by atoms with E-state index in [1.165, 1.54) is 12.7 Å². The van der Waals surface area contributed by atoms with Crippen LogP contribution in [0.15, 0.2) is 72.8 Å². The molecule has 1 N–H and O–H groups in total. The first-order chi connectivity index (χ1) is 19.0. The van der Waals surface area contributed by atoms with E-state index >= 15 is 0 Å². The molecular formula is C31H30ClN3O4. The molecule has 1 atom stereocenters. The van der Waals surface area contributed by atoms with E-state index < -0.39 is 18.0 Å². The number of nitrogens with one attached hydrogen (secondary N) is 1. The van der Waals surface area contributed by atoms with Crippen molar-refractivity contribution in [3.63, 3.8) is 0 Å². The fraction of sp³-hybridized carbons (Fsp3) is 0.258. The lowest BCUT2D eigenvalue weighted by Crippen LogP contribution is -2.35. The number of pyridine rings is 1. The minimum atomic E-state index is -1.01. The lowest BCUT2D eigenvalue weighted by Gasteiger charge is -2.30. The van der Waals surface area contributed by atoms with Crippen molar-refractivity contribution >= 4 is 40.1 Å². The summed E-state index contributed by atoms with van der Waals surface area (Å²) in [6.45, 7) is 3.97. The Kier molecular flexibility index (Phi) is 8.10. The van der Waals surface area contributed by atoms with Crippen molar-refractivity contribution in [2.45, 2.75) is 39.0 Å². The topological polar surface area (TPSA) is 80.8 Å². The molecule has 39 heavy (non-hydrogen) atoms. The molecule has 0 bridgehead atoms. The van der Waals surface area contributed by atoms with Crippen LogP contribution in [0.2, 0.25) is 5.02 Å². The minimum Gasteiger partial charge on any atom is -0.495 e. The second kappa shape index (κ2) is 11.8. The van der Waals surface area contributed by atoms with Gasteiger partial charge in [-0.3, -0.25) is 14.7 Å². The van der Waals surface area contributed by atoms with Gasteiger partial charge in [0.2, 0.25) is 0 Å². The Morgan fingerprint density at radius 2 is 1.85 bits per heavy atom. The number of nitrogens with zero attached hydrogens (tertiary/aromatic N) is 2. The molecule has 2 heterocycles. The number of halogens is 1. The maximum atomic E-state index is 13.8. The van der Waals surface area contributed by atoms with Crippen molar-refractivity contribution in [2.24, 2.45) is 0 Å². The average Bonchev–Trinajstić information content (AvgIpc) is 2.95. The number of hydrogen-bond donors (Lipinski definition) is 1. The van der Waals surface area contributed by atoms with Gasteiger partial charge >= 0.3 is 5.97 Å². The molecular weight excluding hydrogens is 514 g/mol. The molecule has 0 aliphatic carbocycles. The van der Waals surface area contributed by atoms with Crippen LogP contribution in [0.5, 0.6) is 5.75 Å². The fourth-order valence-corrected chi connectivity index (χ4v) is 5.13. The van der Waals surface area contributed by atoms with E-state index in [9.17, 15) is 9.59 Å². The molecule has 5 rings (SSSR count). The summed E-state index contributed by atoms with van der Waals surface area (Å²) in [6.07, 6.45) is 0.0125. The van der Waals surface area contributed by atoms with Crippen molar-refractivity contribution in [3.8, 4) is 5.75 Å². The lowest BCUT2D eigenvalue weighted by atomic mass is 9.95. The molecule has 8 heteroatoms. The summed E-state index contributed by atoms with van der Waals surface area (Å²) in [5.74, 6) is -0.530. The maximum Gasteiger partial charge on any atom is 0.340 e. The van der Waals surface area contributed by atoms with E-state index in [1.807, 2.05) is 42.5 Å². The summed E-state index contributed by atoms with van der Waals surface area (Å²) in [6, 6.07) is 22.8. The first kappa shape index (κ1) is 26.7. The Hall–Kier alpha value is -3.94. The summed E-state index contributed by atoms with van der Waals surface area (Å²) in [4.78, 5) is 34.2. The van der Waals surface area contributed by atoms with Crippen molar-refractivity contribution in [3.05, 3.63) is 100 Å². The number of carbonyl (C=O) groups is 2. The number of esters is 1. The van der Waals surface area contributed by atoms with Gasteiger partial charge < -0.3 is 14.8 Å². The largest absolute Gasteiger partial charge is 0.495 e. The third-order valence-corrected chi connectivity index (χ3v) is 7.15. The standard InChI is InChI=1S/C31H30ClN3O4/c1-3-27(30(36)34-26-17-21(32)13-14-28(26)38-2)39-31(37)29-22-11-7-8-12-24(22)33-25-15-16-35(19-23(25)29)18-20-9-5-4-6-10-20/h4-14,17,27H,3,15-16,18-19H2,1-2H3,(H,34,36). The number of hydrogen-bond acceptors (Lipinski definition) is 6. The second-order valence-corrected chi connectivity index (χ2v) is 9.95. The minimum absolute atomic E-state index is 0.297. The van der Waals surface area contributed by atoms with E-state index in [0.29, 0.717) is 35.0 Å². The zero-order chi connectivity index (χ0) is 27.4. The highest BCUT2D eigenvalue weighted by molar-refractivity contribution is 6.31. The summed E-state index contributed by atoms with van der Waals surface area (Å²) in [7, 11) is 1.51. The molecule has 200 valence electrons. The first-order valence-corrected chi connectivity index (χ1v) is 13.4. The van der Waals surface area contributed by atoms with Gasteiger partial charge in [0.1, 0.15) is 5.75 Å². The summed E-state index contributed by atoms with van der Waals surface area (Å²) >= 11 is 6.12. The lowest BCUT2D eigenvalue weighted by molar-refractivity contribution is -0.124. The SMILES string of the molecule is CCC(OC(=O)c1c2c(nc3ccccc13)CCN(Cc1ccccc1)C2)C(=O)Nc1cc(Cl)ccc1OC. The third-order valence-electron chi connectivity index (χ3n) is 6.91. The van der Waals surface area contributed by atoms with Gasteiger partial charge in [-0.2, -0.15) is 0 Å². The molecule has 1 amide bonds. The van der Waals surface area contributed by atoms with Gasteiger partial charge in [-0.05, 0) is 36.2 Å². The molecule has 1 unspecified atom stereocenters. The normalized spacial score (nSPS) is 13.9. The van der Waals surface area contributed by atoms with Gasteiger partial charge in [0, 0.05) is 47.7 Å². The highest BCUT2D eigenvalue weighted by Crippen LogP contribution is 2.31. The predicted molar refractivity (Wildman–Crippen MR) is 152 cm³/mol. The fourth-order valence-electron chi connectivity index (χ4n) is 4.96. The summed E-state index contributed by atoms with van der Waals surface area (Å²) in [5, 5.41) is 3.97. The number of ether oxygens (including phenoxy) is 2. The second-order valence-electron chi connectivity index (χ2n) is 9.51. The van der Waals surface area contributed by atoms with Gasteiger partial charge in [-0.25, -0.2) is 4.79 Å². The molecule has 0 radical (unpaired) electrons. The number of para-hydroxylation sites is 1. The predicted octanol–water partition coefficient (Wildman–Crippen LogP) is 6.03. The monoisotopic (exact) mass is 543 g/mol. The molecule has 1 aliphatic rings. The van der Waals surface area contributed by atoms with Gasteiger partial charge in [-0.1, -0.05) is 67.1 Å². The third kappa shape index (κ3) is 5.90. The Morgan fingerprint density at radius 3 is 2.62 bits per heavy atom. The van der Waals surface area contributed by atoms with Crippen LogP contribution in [0, 0.1) is 0 Å². The van der Waals surface area contributed by atoms with Crippen LogP contribution in [-0.2, 0) is 29.0 Å². The van der Waals surface area contributed by atoms with Gasteiger partial charge in [0.15, 0.2) is 6.10 Å². The van der Waals surface area contributed by atoms with E-state index in [-0.39, 0.29) is 0 Å². The van der Waals surface area contributed by atoms with E-state index in [2.05, 4.69) is 22.3 Å². The molecule has 0 spiro atoms. The van der Waals surface area contributed by atoms with E-state index in [1.54, 1.807) is 25.1 Å². The number of aromatic nitrogens is 1. The zero-order valence-corrected chi connectivity index (χ0v) is 22.7. The van der Waals surface area contributed by atoms with Gasteiger partial charge in [0.05, 0.1) is 23.9 Å². The number of anilines is 1. The highest BCUT2D eigenvalue weighted by Gasteiger charge is 2.30. The van der Waals surface area contributed by atoms with Crippen LogP contribution in [0.4, 0.5) is 5.69 Å². The van der Waals surface area contributed by atoms with Crippen molar-refractivity contribution in [2.75, 3.05) is 19.0 Å². The molecule has 0 saturated carbocycles. The maximum absolute atomic E-state index is 13.8. The van der Waals surface area contributed by atoms with Crippen LogP contribution in [0.25, 0.3) is 10.9 Å². The molecule has 7 nitrogen and oxygen atoms in total. The molecule has 1 aromatic heterocycles. The number of carbonyl (C=O) groups excluding carboxylic acids is 2. The highest BCUT2D eigenvalue weighted by atomic mass is 35.5. The molecule has 1 aliphatic heterocycles. The number of methoxy groups -OCH3 is 1. The van der Waals surface area contributed by atoms with E-state index in [4.69, 9.17) is 26.1 Å². The first-order valence-electron chi connectivity index (χ1n) is 13.0. The van der Waals surface area contributed by atoms with Crippen LogP contribution in [-0.4, -0.2) is 41.5 Å². The summed E-state index contributed by atoms with van der Waals surface area (Å²) < 4.78 is 11.2. The number of amides is 1. The Balaban J connectivity index is 1.43. The van der Waals surface area contributed by atoms with Crippen LogP contribution >= 0.6 is 11.6 Å². The van der Waals surface area contributed by atoms with Crippen molar-refractivity contribution in [1.82, 2.24) is 9.88 Å². The molecule has 3 aromatic carbocycles. The Morgan fingerprint density at radius 1 is 1.08 bits per heavy atom. The molecule has 0 saturated heterocycles. The Bertz CT molecular complexity index is 1510. The zero-order valence-electron chi connectivity index (χ0n) is 21.9. The number of rotatable bonds is 8. The van der Waals surface area contributed by atoms with E-state index in [0.717, 1.165) is 41.7 Å². The smallest absolute Gasteiger partial charge is 0.340 e. The quantitative estimate of drug-likeness (QED) is 0.273. The summed E-state index contributed by atoms with van der Waals surface area (Å²) in [5.41, 5.74) is 4.57. The molecule has 0 fully saturated rings. The van der Waals surface area contributed by atoms with Gasteiger partial charge in [0.25, 0.3) is 5.91 Å². The van der Waals surface area contributed by atoms with Crippen molar-refractivity contribution < 1.29 is 19.1 Å². The Labute approximate surface area is 232 Å². The average molecular weight is 544 g/mol.